The minimum atomic E-state index is -1.02. The quantitative estimate of drug-likeness (QED) is 0.549. The number of fused-ring (bicyclic) bond motifs is 1. The Balaban J connectivity index is 1.52. The summed E-state index contributed by atoms with van der Waals surface area (Å²) in [5, 5.41) is 19.4. The van der Waals surface area contributed by atoms with Crippen LogP contribution in [-0.4, -0.2) is 64.7 Å². The van der Waals surface area contributed by atoms with E-state index < -0.39 is 6.09 Å². The molecule has 3 N–H and O–H groups in total. The van der Waals surface area contributed by atoms with E-state index in [4.69, 9.17) is 21.4 Å². The number of anilines is 1. The number of nitrogens with one attached hydrogen (secondary N) is 2. The third kappa shape index (κ3) is 4.03. The molecule has 3 heterocycles. The molecule has 1 fully saturated rings. The number of H-pyrrole nitrogens is 1. The van der Waals surface area contributed by atoms with Crippen LogP contribution in [0.15, 0.2) is 30.5 Å². The first-order valence-corrected chi connectivity index (χ1v) is 10.1. The number of halogens is 1. The Kier molecular flexibility index (Phi) is 5.74. The summed E-state index contributed by atoms with van der Waals surface area (Å²) in [5.41, 5.74) is 2.56. The van der Waals surface area contributed by atoms with E-state index in [0.29, 0.717) is 29.3 Å². The monoisotopic (exact) mass is 430 g/mol. The van der Waals surface area contributed by atoms with Crippen molar-refractivity contribution in [1.29, 1.82) is 0 Å². The SMILES string of the molecule is COCC1(CNC(=O)O)CCN(c2cnc3c(-c4ccccc4Cl)[nH]nc3n2)CC1. The van der Waals surface area contributed by atoms with Gasteiger partial charge in [-0.25, -0.2) is 14.8 Å². The van der Waals surface area contributed by atoms with E-state index in [-0.39, 0.29) is 5.41 Å². The third-order valence-corrected chi connectivity index (χ3v) is 5.94. The summed E-state index contributed by atoms with van der Waals surface area (Å²) in [4.78, 5) is 22.3. The fourth-order valence-corrected chi connectivity index (χ4v) is 4.17. The van der Waals surface area contributed by atoms with E-state index in [1.807, 2.05) is 24.3 Å². The molecule has 10 heteroatoms. The van der Waals surface area contributed by atoms with Gasteiger partial charge in [0.1, 0.15) is 11.3 Å². The Morgan fingerprint density at radius 3 is 2.83 bits per heavy atom. The summed E-state index contributed by atoms with van der Waals surface area (Å²) in [5.74, 6) is 0.747. The van der Waals surface area contributed by atoms with Gasteiger partial charge >= 0.3 is 6.09 Å². The number of methoxy groups -OCH3 is 1. The normalized spacial score (nSPS) is 16.0. The van der Waals surface area contributed by atoms with Gasteiger partial charge in [0.2, 0.25) is 5.65 Å². The van der Waals surface area contributed by atoms with Crippen molar-refractivity contribution in [3.8, 4) is 11.3 Å². The molecule has 0 bridgehead atoms. The molecule has 0 atom stereocenters. The van der Waals surface area contributed by atoms with Gasteiger partial charge in [-0.1, -0.05) is 29.8 Å². The molecule has 4 rings (SSSR count). The van der Waals surface area contributed by atoms with Crippen molar-refractivity contribution in [2.45, 2.75) is 12.8 Å². The van der Waals surface area contributed by atoms with Crippen molar-refractivity contribution in [2.24, 2.45) is 5.41 Å². The maximum Gasteiger partial charge on any atom is 0.404 e. The van der Waals surface area contributed by atoms with Crippen molar-refractivity contribution in [3.05, 3.63) is 35.5 Å². The van der Waals surface area contributed by atoms with Crippen LogP contribution in [0, 0.1) is 5.41 Å². The highest BCUT2D eigenvalue weighted by Crippen LogP contribution is 2.34. The highest BCUT2D eigenvalue weighted by Gasteiger charge is 2.35. The lowest BCUT2D eigenvalue weighted by Gasteiger charge is -2.41. The van der Waals surface area contributed by atoms with Gasteiger partial charge in [0, 0.05) is 37.7 Å². The van der Waals surface area contributed by atoms with Crippen LogP contribution in [0.4, 0.5) is 10.6 Å². The summed E-state index contributed by atoms with van der Waals surface area (Å²) in [7, 11) is 1.64. The van der Waals surface area contributed by atoms with Crippen LogP contribution in [0.3, 0.4) is 0 Å². The van der Waals surface area contributed by atoms with Gasteiger partial charge in [0.05, 0.1) is 23.5 Å². The molecule has 0 radical (unpaired) electrons. The molecule has 3 aromatic rings. The lowest BCUT2D eigenvalue weighted by atomic mass is 9.79. The number of hydrogen-bond acceptors (Lipinski definition) is 6. The minimum Gasteiger partial charge on any atom is -0.465 e. The Morgan fingerprint density at radius 1 is 1.37 bits per heavy atom. The maximum absolute atomic E-state index is 10.9. The van der Waals surface area contributed by atoms with Crippen LogP contribution in [0.1, 0.15) is 12.8 Å². The standard InChI is InChI=1S/C20H23ClN6O3/c1-30-12-20(11-23-19(28)29)6-8-27(9-7-20)15-10-22-17-16(25-26-18(17)24-15)13-4-2-3-5-14(13)21/h2-5,10,23H,6-9,11-12H2,1H3,(H,28,29)(H,24,25,26). The first-order chi connectivity index (χ1) is 14.5. The van der Waals surface area contributed by atoms with E-state index in [1.165, 1.54) is 0 Å². The van der Waals surface area contributed by atoms with Gasteiger partial charge in [0.25, 0.3) is 0 Å². The molecule has 158 valence electrons. The molecule has 1 aromatic carbocycles. The topological polar surface area (TPSA) is 116 Å². The fraction of sp³-hybridized carbons (Fsp3) is 0.400. The summed E-state index contributed by atoms with van der Waals surface area (Å²) in [6.45, 7) is 2.33. The summed E-state index contributed by atoms with van der Waals surface area (Å²) in [6.07, 6.45) is 2.30. The average molecular weight is 431 g/mol. The molecule has 30 heavy (non-hydrogen) atoms. The molecule has 0 aliphatic carbocycles. The fourth-order valence-electron chi connectivity index (χ4n) is 3.94. The first kappa shape index (κ1) is 20.4. The van der Waals surface area contributed by atoms with Crippen molar-refractivity contribution in [3.63, 3.8) is 0 Å². The number of benzene rings is 1. The minimum absolute atomic E-state index is 0.218. The third-order valence-electron chi connectivity index (χ3n) is 5.61. The number of aromatic nitrogens is 4. The van der Waals surface area contributed by atoms with E-state index in [0.717, 1.165) is 43.0 Å². The van der Waals surface area contributed by atoms with Crippen LogP contribution >= 0.6 is 11.6 Å². The predicted molar refractivity (Wildman–Crippen MR) is 114 cm³/mol. The maximum atomic E-state index is 10.9. The smallest absolute Gasteiger partial charge is 0.404 e. The van der Waals surface area contributed by atoms with Crippen molar-refractivity contribution in [2.75, 3.05) is 38.3 Å². The van der Waals surface area contributed by atoms with Crippen LogP contribution < -0.4 is 10.2 Å². The number of rotatable bonds is 6. The van der Waals surface area contributed by atoms with Gasteiger partial charge in [-0.3, -0.25) is 5.10 Å². The van der Waals surface area contributed by atoms with Crippen LogP contribution in [0.25, 0.3) is 22.4 Å². The van der Waals surface area contributed by atoms with Gasteiger partial charge in [-0.15, -0.1) is 0 Å². The molecule has 0 spiro atoms. The van der Waals surface area contributed by atoms with Crippen LogP contribution in [-0.2, 0) is 4.74 Å². The number of piperidine rings is 1. The molecular weight excluding hydrogens is 408 g/mol. The highest BCUT2D eigenvalue weighted by atomic mass is 35.5. The lowest BCUT2D eigenvalue weighted by molar-refractivity contribution is 0.0584. The second-order valence-corrected chi connectivity index (χ2v) is 7.96. The molecule has 1 saturated heterocycles. The van der Waals surface area contributed by atoms with Gasteiger partial charge < -0.3 is 20.1 Å². The highest BCUT2D eigenvalue weighted by molar-refractivity contribution is 6.33. The number of nitrogens with zero attached hydrogens (tertiary/aromatic N) is 4. The molecule has 0 unspecified atom stereocenters. The number of carbonyl (C=O) groups is 1. The molecule has 2 aromatic heterocycles. The van der Waals surface area contributed by atoms with E-state index in [2.05, 4.69) is 30.4 Å². The summed E-state index contributed by atoms with van der Waals surface area (Å²) in [6, 6.07) is 7.52. The molecule has 1 aliphatic rings. The van der Waals surface area contributed by atoms with Crippen LogP contribution in [0.5, 0.6) is 0 Å². The van der Waals surface area contributed by atoms with Crippen molar-refractivity contribution < 1.29 is 14.6 Å². The molecule has 0 saturated carbocycles. The Labute approximate surface area is 178 Å². The van der Waals surface area contributed by atoms with Crippen molar-refractivity contribution in [1.82, 2.24) is 25.5 Å². The molecular formula is C20H23ClN6O3. The number of ether oxygens (including phenoxy) is 1. The number of aromatic amines is 1. The Bertz CT molecular complexity index is 1050. The first-order valence-electron chi connectivity index (χ1n) is 9.68. The largest absolute Gasteiger partial charge is 0.465 e. The van der Waals surface area contributed by atoms with Gasteiger partial charge in [-0.05, 0) is 18.9 Å². The summed E-state index contributed by atoms with van der Waals surface area (Å²) >= 11 is 6.31. The summed E-state index contributed by atoms with van der Waals surface area (Å²) < 4.78 is 5.37. The Morgan fingerprint density at radius 2 is 2.13 bits per heavy atom. The van der Waals surface area contributed by atoms with Gasteiger partial charge in [0.15, 0.2) is 0 Å². The lowest BCUT2D eigenvalue weighted by Crippen LogP contribution is -2.48. The van der Waals surface area contributed by atoms with Crippen molar-refractivity contribution >= 4 is 34.7 Å². The van der Waals surface area contributed by atoms with Crippen LogP contribution in [0.2, 0.25) is 5.02 Å². The molecule has 1 aliphatic heterocycles. The zero-order valence-corrected chi connectivity index (χ0v) is 17.3. The second kappa shape index (κ2) is 8.45. The molecule has 1 amide bonds. The zero-order valence-electron chi connectivity index (χ0n) is 16.6. The zero-order chi connectivity index (χ0) is 21.1. The number of carboxylic acid groups (broad SMARTS) is 1. The average Bonchev–Trinajstić information content (AvgIpc) is 3.16. The van der Waals surface area contributed by atoms with E-state index in [9.17, 15) is 4.79 Å². The van der Waals surface area contributed by atoms with E-state index >= 15 is 0 Å². The van der Waals surface area contributed by atoms with Gasteiger partial charge in [-0.2, -0.15) is 5.10 Å². The number of amides is 1. The molecule has 9 nitrogen and oxygen atoms in total. The predicted octanol–water partition coefficient (Wildman–Crippen LogP) is 3.17. The number of hydrogen-bond donors (Lipinski definition) is 3. The Hall–Kier alpha value is -2.91. The second-order valence-electron chi connectivity index (χ2n) is 7.56. The van der Waals surface area contributed by atoms with E-state index in [1.54, 1.807) is 13.3 Å².